The second-order valence-corrected chi connectivity index (χ2v) is 5.58. The van der Waals surface area contributed by atoms with E-state index < -0.39 is 5.97 Å². The summed E-state index contributed by atoms with van der Waals surface area (Å²) < 4.78 is 0. The summed E-state index contributed by atoms with van der Waals surface area (Å²) in [6.07, 6.45) is 2.71. The summed E-state index contributed by atoms with van der Waals surface area (Å²) in [5, 5.41) is 8.84. The Kier molecular flexibility index (Phi) is 5.92. The molecule has 0 bridgehead atoms. The van der Waals surface area contributed by atoms with Gasteiger partial charge in [-0.1, -0.05) is 6.92 Å². The second kappa shape index (κ2) is 6.97. The quantitative estimate of drug-likeness (QED) is 0.764. The average molecular weight is 242 g/mol. The number of likely N-dealkylation sites (N-methyl/N-ethyl adjacent to an activating group) is 1. The first-order valence-electron chi connectivity index (χ1n) is 6.58. The van der Waals surface area contributed by atoms with Crippen molar-refractivity contribution in [3.8, 4) is 0 Å². The minimum atomic E-state index is -0.664. The van der Waals surface area contributed by atoms with E-state index in [0.29, 0.717) is 18.3 Å². The van der Waals surface area contributed by atoms with Crippen molar-refractivity contribution in [3.63, 3.8) is 0 Å². The number of carbonyl (C=O) groups is 1. The molecule has 2 unspecified atom stereocenters. The highest BCUT2D eigenvalue weighted by atomic mass is 16.4. The van der Waals surface area contributed by atoms with E-state index >= 15 is 0 Å². The van der Waals surface area contributed by atoms with E-state index in [1.54, 1.807) is 0 Å². The van der Waals surface area contributed by atoms with Crippen LogP contribution in [0.1, 0.15) is 26.2 Å². The number of carboxylic acid groups (broad SMARTS) is 1. The molecule has 2 atom stereocenters. The van der Waals surface area contributed by atoms with E-state index in [1.807, 2.05) is 0 Å². The number of carboxylic acids is 1. The summed E-state index contributed by atoms with van der Waals surface area (Å²) in [5.74, 6) is 0.194. The summed E-state index contributed by atoms with van der Waals surface area (Å²) in [5.41, 5.74) is 0. The lowest BCUT2D eigenvalue weighted by atomic mass is 9.85. The molecule has 17 heavy (non-hydrogen) atoms. The van der Waals surface area contributed by atoms with Crippen LogP contribution in [-0.2, 0) is 4.79 Å². The number of hydrogen-bond acceptors (Lipinski definition) is 3. The Hall–Kier alpha value is -0.610. The van der Waals surface area contributed by atoms with Gasteiger partial charge in [0.05, 0.1) is 0 Å². The first-order chi connectivity index (χ1) is 7.99. The van der Waals surface area contributed by atoms with E-state index in [9.17, 15) is 4.79 Å². The van der Waals surface area contributed by atoms with Crippen LogP contribution in [0.4, 0.5) is 0 Å². The Labute approximate surface area is 105 Å². The fourth-order valence-electron chi connectivity index (χ4n) is 2.54. The summed E-state index contributed by atoms with van der Waals surface area (Å²) in [6, 6.07) is 0. The van der Waals surface area contributed by atoms with Gasteiger partial charge >= 0.3 is 5.97 Å². The van der Waals surface area contributed by atoms with Crippen molar-refractivity contribution >= 4 is 5.97 Å². The maximum absolute atomic E-state index is 10.7. The van der Waals surface area contributed by atoms with Gasteiger partial charge in [-0.25, -0.2) is 0 Å². The third-order valence-corrected chi connectivity index (χ3v) is 3.71. The number of aliphatic carboxylic acids is 1. The van der Waals surface area contributed by atoms with Gasteiger partial charge in [-0.15, -0.1) is 0 Å². The maximum Gasteiger partial charge on any atom is 0.303 e. The first-order valence-corrected chi connectivity index (χ1v) is 6.58. The van der Waals surface area contributed by atoms with Gasteiger partial charge in [0.1, 0.15) is 0 Å². The topological polar surface area (TPSA) is 43.8 Å². The predicted octanol–water partition coefficient (Wildman–Crippen LogP) is 1.37. The Balaban J connectivity index is 2.34. The van der Waals surface area contributed by atoms with Crippen LogP contribution >= 0.6 is 0 Å². The van der Waals surface area contributed by atoms with Crippen LogP contribution in [0.3, 0.4) is 0 Å². The number of rotatable bonds is 6. The molecule has 1 saturated heterocycles. The number of piperidine rings is 1. The van der Waals surface area contributed by atoms with Gasteiger partial charge in [0.25, 0.3) is 0 Å². The molecule has 1 fully saturated rings. The first kappa shape index (κ1) is 14.5. The molecule has 0 aliphatic carbocycles. The molecule has 0 radical (unpaired) electrons. The van der Waals surface area contributed by atoms with Gasteiger partial charge in [-0.3, -0.25) is 4.79 Å². The molecule has 1 aliphatic rings. The van der Waals surface area contributed by atoms with Crippen LogP contribution in [0.25, 0.3) is 0 Å². The lowest BCUT2D eigenvalue weighted by Gasteiger charge is -2.35. The van der Waals surface area contributed by atoms with E-state index in [2.05, 4.69) is 30.8 Å². The van der Waals surface area contributed by atoms with Crippen molar-refractivity contribution in [1.82, 2.24) is 9.80 Å². The van der Waals surface area contributed by atoms with Crippen LogP contribution in [0.5, 0.6) is 0 Å². The SMILES string of the molecule is CC(CC(=O)O)C1CCCN(CCN(C)C)C1. The van der Waals surface area contributed by atoms with Crippen LogP contribution in [-0.4, -0.2) is 61.2 Å². The van der Waals surface area contributed by atoms with Crippen LogP contribution < -0.4 is 0 Å². The Morgan fingerprint density at radius 2 is 2.24 bits per heavy atom. The Morgan fingerprint density at radius 1 is 1.53 bits per heavy atom. The lowest BCUT2D eigenvalue weighted by molar-refractivity contribution is -0.138. The van der Waals surface area contributed by atoms with Crippen molar-refractivity contribution in [2.75, 3.05) is 40.3 Å². The number of likely N-dealkylation sites (tertiary alicyclic amines) is 1. The fraction of sp³-hybridized carbons (Fsp3) is 0.923. The molecular weight excluding hydrogens is 216 g/mol. The minimum Gasteiger partial charge on any atom is -0.481 e. The number of nitrogens with zero attached hydrogens (tertiary/aromatic N) is 2. The zero-order chi connectivity index (χ0) is 12.8. The summed E-state index contributed by atoms with van der Waals surface area (Å²) in [4.78, 5) is 15.4. The molecule has 1 heterocycles. The standard InChI is InChI=1S/C13H26N2O2/c1-11(9-13(16)17)12-5-4-6-15(10-12)8-7-14(2)3/h11-12H,4-10H2,1-3H3,(H,16,17). The second-order valence-electron chi connectivity index (χ2n) is 5.58. The van der Waals surface area contributed by atoms with E-state index in [4.69, 9.17) is 5.11 Å². The van der Waals surface area contributed by atoms with Crippen LogP contribution in [0.2, 0.25) is 0 Å². The summed E-state index contributed by atoms with van der Waals surface area (Å²) in [7, 11) is 4.18. The zero-order valence-electron chi connectivity index (χ0n) is 11.4. The summed E-state index contributed by atoms with van der Waals surface area (Å²) >= 11 is 0. The Bertz CT molecular complexity index is 244. The van der Waals surface area contributed by atoms with Gasteiger partial charge in [-0.2, -0.15) is 0 Å². The molecule has 1 N–H and O–H groups in total. The molecule has 0 saturated carbocycles. The molecule has 0 aromatic heterocycles. The third-order valence-electron chi connectivity index (χ3n) is 3.71. The van der Waals surface area contributed by atoms with Crippen molar-refractivity contribution < 1.29 is 9.90 Å². The Morgan fingerprint density at radius 3 is 2.82 bits per heavy atom. The van der Waals surface area contributed by atoms with Gasteiger partial charge < -0.3 is 14.9 Å². The van der Waals surface area contributed by atoms with Crippen molar-refractivity contribution in [2.45, 2.75) is 26.2 Å². The smallest absolute Gasteiger partial charge is 0.303 e. The monoisotopic (exact) mass is 242 g/mol. The predicted molar refractivity (Wildman–Crippen MR) is 69.1 cm³/mol. The molecule has 0 aromatic rings. The highest BCUT2D eigenvalue weighted by molar-refractivity contribution is 5.66. The number of hydrogen-bond donors (Lipinski definition) is 1. The highest BCUT2D eigenvalue weighted by Crippen LogP contribution is 2.25. The maximum atomic E-state index is 10.7. The normalized spacial score (nSPS) is 23.9. The molecule has 0 aromatic carbocycles. The minimum absolute atomic E-state index is 0.301. The van der Waals surface area contributed by atoms with E-state index in [1.165, 1.54) is 19.4 Å². The van der Waals surface area contributed by atoms with Crippen molar-refractivity contribution in [3.05, 3.63) is 0 Å². The highest BCUT2D eigenvalue weighted by Gasteiger charge is 2.25. The van der Waals surface area contributed by atoms with Crippen molar-refractivity contribution in [2.24, 2.45) is 11.8 Å². The molecule has 4 nitrogen and oxygen atoms in total. The molecule has 4 heteroatoms. The van der Waals surface area contributed by atoms with E-state index in [-0.39, 0.29) is 0 Å². The summed E-state index contributed by atoms with van der Waals surface area (Å²) in [6.45, 7) is 6.50. The molecule has 0 spiro atoms. The van der Waals surface area contributed by atoms with Gasteiger partial charge in [-0.05, 0) is 45.3 Å². The molecule has 1 aliphatic heterocycles. The third kappa shape index (κ3) is 5.50. The average Bonchev–Trinajstić information content (AvgIpc) is 2.26. The molecule has 0 amide bonds. The zero-order valence-corrected chi connectivity index (χ0v) is 11.4. The van der Waals surface area contributed by atoms with Gasteiger partial charge in [0.15, 0.2) is 0 Å². The van der Waals surface area contributed by atoms with E-state index in [0.717, 1.165) is 19.6 Å². The molecule has 100 valence electrons. The molecular formula is C13H26N2O2. The van der Waals surface area contributed by atoms with Crippen LogP contribution in [0.15, 0.2) is 0 Å². The largest absolute Gasteiger partial charge is 0.481 e. The van der Waals surface area contributed by atoms with Crippen LogP contribution in [0, 0.1) is 11.8 Å². The lowest BCUT2D eigenvalue weighted by Crippen LogP contribution is -2.41. The van der Waals surface area contributed by atoms with Gasteiger partial charge in [0, 0.05) is 26.1 Å². The van der Waals surface area contributed by atoms with Crippen molar-refractivity contribution in [1.29, 1.82) is 0 Å². The fourth-order valence-corrected chi connectivity index (χ4v) is 2.54. The molecule has 1 rings (SSSR count). The van der Waals surface area contributed by atoms with Gasteiger partial charge in [0.2, 0.25) is 0 Å².